The summed E-state index contributed by atoms with van der Waals surface area (Å²) >= 11 is 0. The molecule has 1 atom stereocenters. The van der Waals surface area contributed by atoms with Crippen LogP contribution in [0.15, 0.2) is 18.2 Å². The molecule has 0 aliphatic carbocycles. The third kappa shape index (κ3) is 2.63. The van der Waals surface area contributed by atoms with Gasteiger partial charge in [-0.2, -0.15) is 8.42 Å². The molecule has 0 spiro atoms. The molecule has 1 unspecified atom stereocenters. The predicted molar refractivity (Wildman–Crippen MR) is 51.7 cm³/mol. The Morgan fingerprint density at radius 1 is 1.33 bits per heavy atom. The van der Waals surface area contributed by atoms with Crippen LogP contribution in [0.5, 0.6) is 5.75 Å². The second-order valence-electron chi connectivity index (χ2n) is 3.25. The lowest BCUT2D eigenvalue weighted by molar-refractivity contribution is -0.141. The third-order valence-electron chi connectivity index (χ3n) is 1.98. The fourth-order valence-corrected chi connectivity index (χ4v) is 1.96. The number of halogens is 2. The first-order valence-electron chi connectivity index (χ1n) is 4.62. The Morgan fingerprint density at radius 3 is 2.44 bits per heavy atom. The van der Waals surface area contributed by atoms with E-state index in [1.54, 1.807) is 0 Å². The summed E-state index contributed by atoms with van der Waals surface area (Å²) < 4.78 is 60.5. The Bertz CT molecular complexity index is 564. The number of benzene rings is 1. The molecule has 1 aromatic rings. The van der Waals surface area contributed by atoms with Crippen LogP contribution in [0.4, 0.5) is 8.78 Å². The van der Waals surface area contributed by atoms with Gasteiger partial charge in [0.15, 0.2) is 11.6 Å². The molecule has 1 fully saturated rings. The van der Waals surface area contributed by atoms with Crippen LogP contribution in [0.1, 0.15) is 0 Å². The van der Waals surface area contributed by atoms with Crippen LogP contribution in [0, 0.1) is 11.6 Å². The van der Waals surface area contributed by atoms with Crippen molar-refractivity contribution in [1.29, 1.82) is 0 Å². The van der Waals surface area contributed by atoms with Crippen LogP contribution in [0.2, 0.25) is 0 Å². The fourth-order valence-electron chi connectivity index (χ4n) is 1.20. The summed E-state index contributed by atoms with van der Waals surface area (Å²) in [7, 11) is -4.24. The largest absolute Gasteiger partial charge is 0.418 e. The Labute approximate surface area is 100 Å². The molecule has 1 aliphatic heterocycles. The van der Waals surface area contributed by atoms with Gasteiger partial charge >= 0.3 is 16.4 Å². The Hall–Kier alpha value is -1.58. The van der Waals surface area contributed by atoms with E-state index in [0.29, 0.717) is 0 Å². The first kappa shape index (κ1) is 12.9. The van der Waals surface area contributed by atoms with Crippen molar-refractivity contribution in [3.05, 3.63) is 29.8 Å². The Kier molecular flexibility index (Phi) is 3.28. The highest BCUT2D eigenvalue weighted by Gasteiger charge is 2.37. The van der Waals surface area contributed by atoms with Crippen LogP contribution in [-0.4, -0.2) is 27.1 Å². The molecule has 6 nitrogen and oxygen atoms in total. The van der Waals surface area contributed by atoms with E-state index in [2.05, 4.69) is 13.1 Å². The summed E-state index contributed by atoms with van der Waals surface area (Å²) in [5.74, 6) is -4.37. The number of esters is 1. The van der Waals surface area contributed by atoms with Crippen LogP contribution >= 0.6 is 0 Å². The van der Waals surface area contributed by atoms with E-state index in [1.165, 1.54) is 0 Å². The number of carbonyl (C=O) groups is 1. The molecule has 0 N–H and O–H groups in total. The van der Waals surface area contributed by atoms with E-state index >= 15 is 0 Å². The van der Waals surface area contributed by atoms with E-state index < -0.39 is 46.5 Å². The van der Waals surface area contributed by atoms with Crippen molar-refractivity contribution in [2.75, 3.05) is 6.61 Å². The summed E-state index contributed by atoms with van der Waals surface area (Å²) in [4.78, 5) is 11.4. The van der Waals surface area contributed by atoms with Gasteiger partial charge in [-0.3, -0.25) is 0 Å². The highest BCUT2D eigenvalue weighted by Crippen LogP contribution is 2.23. The van der Waals surface area contributed by atoms with Crippen molar-refractivity contribution in [3.63, 3.8) is 0 Å². The highest BCUT2D eigenvalue weighted by atomic mass is 32.3. The standard InChI is InChI=1S/C9H6F2O6S/c10-5-2-1-3-6(11)8(5)16-9(12)7-4-15-18(13,14)17-7/h1-3,7H,4H2. The quantitative estimate of drug-likeness (QED) is 0.581. The Balaban J connectivity index is 2.13. The molecule has 2 rings (SSSR count). The molecule has 98 valence electrons. The van der Waals surface area contributed by atoms with Gasteiger partial charge in [0, 0.05) is 0 Å². The van der Waals surface area contributed by atoms with E-state index in [-0.39, 0.29) is 0 Å². The third-order valence-corrected chi connectivity index (χ3v) is 2.88. The maximum atomic E-state index is 13.1. The number of para-hydroxylation sites is 1. The van der Waals surface area contributed by atoms with E-state index in [9.17, 15) is 22.0 Å². The topological polar surface area (TPSA) is 78.9 Å². The minimum atomic E-state index is -4.24. The van der Waals surface area contributed by atoms with Crippen LogP contribution in [0.3, 0.4) is 0 Å². The van der Waals surface area contributed by atoms with E-state index in [1.807, 2.05) is 0 Å². The van der Waals surface area contributed by atoms with Crippen molar-refractivity contribution in [3.8, 4) is 5.75 Å². The van der Waals surface area contributed by atoms with Gasteiger partial charge in [-0.25, -0.2) is 21.9 Å². The second-order valence-corrected chi connectivity index (χ2v) is 4.49. The monoisotopic (exact) mass is 280 g/mol. The maximum Gasteiger partial charge on any atom is 0.400 e. The van der Waals surface area contributed by atoms with Crippen LogP contribution in [0.25, 0.3) is 0 Å². The first-order chi connectivity index (χ1) is 8.39. The molecule has 1 saturated heterocycles. The van der Waals surface area contributed by atoms with Crippen molar-refractivity contribution in [2.45, 2.75) is 6.10 Å². The molecule has 0 radical (unpaired) electrons. The number of ether oxygens (including phenoxy) is 1. The Morgan fingerprint density at radius 2 is 1.94 bits per heavy atom. The molecule has 18 heavy (non-hydrogen) atoms. The molecule has 0 bridgehead atoms. The summed E-state index contributed by atoms with van der Waals surface area (Å²) in [6, 6.07) is 2.85. The van der Waals surface area contributed by atoms with Gasteiger partial charge < -0.3 is 4.74 Å². The SMILES string of the molecule is O=C(Oc1c(F)cccc1F)C1COS(=O)(=O)O1. The predicted octanol–water partition coefficient (Wildman–Crippen LogP) is 0.530. The average molecular weight is 280 g/mol. The fraction of sp³-hybridized carbons (Fsp3) is 0.222. The second kappa shape index (κ2) is 4.59. The summed E-state index contributed by atoms with van der Waals surface area (Å²) in [6.07, 6.45) is -1.57. The number of hydrogen-bond acceptors (Lipinski definition) is 6. The number of hydrogen-bond donors (Lipinski definition) is 0. The minimum Gasteiger partial charge on any atom is -0.418 e. The minimum absolute atomic E-state index is 0.600. The van der Waals surface area contributed by atoms with E-state index in [4.69, 9.17) is 0 Å². The number of carbonyl (C=O) groups excluding carboxylic acids is 1. The normalized spacial score (nSPS) is 21.8. The van der Waals surface area contributed by atoms with Crippen LogP contribution < -0.4 is 4.74 Å². The van der Waals surface area contributed by atoms with Gasteiger partial charge in [0.1, 0.15) is 6.61 Å². The highest BCUT2D eigenvalue weighted by molar-refractivity contribution is 7.82. The number of rotatable bonds is 2. The molecule has 0 amide bonds. The summed E-state index contributed by atoms with van der Waals surface area (Å²) in [6.45, 7) is -0.600. The van der Waals surface area contributed by atoms with Crippen molar-refractivity contribution in [1.82, 2.24) is 0 Å². The molecule has 0 aromatic heterocycles. The van der Waals surface area contributed by atoms with Crippen molar-refractivity contribution in [2.24, 2.45) is 0 Å². The molecule has 0 saturated carbocycles. The zero-order chi connectivity index (χ0) is 13.3. The van der Waals surface area contributed by atoms with Gasteiger partial charge in [-0.1, -0.05) is 6.07 Å². The van der Waals surface area contributed by atoms with Gasteiger partial charge in [-0.05, 0) is 12.1 Å². The smallest absolute Gasteiger partial charge is 0.400 e. The zero-order valence-corrected chi connectivity index (χ0v) is 9.45. The maximum absolute atomic E-state index is 13.1. The van der Waals surface area contributed by atoms with Gasteiger partial charge in [0.25, 0.3) is 0 Å². The molecule has 1 aliphatic rings. The van der Waals surface area contributed by atoms with Crippen LogP contribution in [-0.2, 0) is 23.6 Å². The van der Waals surface area contributed by atoms with E-state index in [0.717, 1.165) is 18.2 Å². The summed E-state index contributed by atoms with van der Waals surface area (Å²) in [5.41, 5.74) is 0. The first-order valence-corrected chi connectivity index (χ1v) is 5.96. The average Bonchev–Trinajstić information content (AvgIpc) is 2.64. The molecule has 1 aromatic carbocycles. The van der Waals surface area contributed by atoms with Gasteiger partial charge in [0.2, 0.25) is 11.9 Å². The van der Waals surface area contributed by atoms with Crippen molar-refractivity contribution >= 4 is 16.4 Å². The lowest BCUT2D eigenvalue weighted by Crippen LogP contribution is -2.28. The van der Waals surface area contributed by atoms with Gasteiger partial charge in [-0.15, -0.1) is 0 Å². The lowest BCUT2D eigenvalue weighted by Gasteiger charge is -2.08. The summed E-state index contributed by atoms with van der Waals surface area (Å²) in [5, 5.41) is 0. The molecule has 9 heteroatoms. The van der Waals surface area contributed by atoms with Crippen molar-refractivity contribution < 1.29 is 35.1 Å². The zero-order valence-electron chi connectivity index (χ0n) is 8.63. The van der Waals surface area contributed by atoms with Gasteiger partial charge in [0.05, 0.1) is 0 Å². The molecular formula is C9H6F2O6S. The molecule has 1 heterocycles. The lowest BCUT2D eigenvalue weighted by atomic mass is 10.3. The molecular weight excluding hydrogens is 274 g/mol.